The van der Waals surface area contributed by atoms with Gasteiger partial charge in [-0.1, -0.05) is 25.1 Å². The summed E-state index contributed by atoms with van der Waals surface area (Å²) >= 11 is 0. The minimum atomic E-state index is -0.881. The number of carbonyl (C=O) groups excluding carboxylic acids is 1. The molecule has 1 unspecified atom stereocenters. The van der Waals surface area contributed by atoms with Gasteiger partial charge in [-0.3, -0.25) is 9.59 Å². The van der Waals surface area contributed by atoms with Gasteiger partial charge in [-0.05, 0) is 30.5 Å². The molecule has 0 fully saturated rings. The maximum atomic E-state index is 11.7. The summed E-state index contributed by atoms with van der Waals surface area (Å²) in [5.41, 5.74) is 0.976. The largest absolute Gasteiger partial charge is 0.493 e. The van der Waals surface area contributed by atoms with Crippen molar-refractivity contribution in [2.75, 3.05) is 20.3 Å². The molecule has 1 amide bonds. The Morgan fingerprint density at radius 2 is 2.09 bits per heavy atom. The van der Waals surface area contributed by atoms with Gasteiger partial charge in [-0.15, -0.1) is 0 Å². The van der Waals surface area contributed by atoms with E-state index in [1.807, 2.05) is 31.2 Å². The van der Waals surface area contributed by atoms with E-state index in [-0.39, 0.29) is 24.9 Å². The highest BCUT2D eigenvalue weighted by molar-refractivity contribution is 5.77. The molecule has 0 spiro atoms. The fourth-order valence-electron chi connectivity index (χ4n) is 1.95. The number of rotatable bonds is 9. The van der Waals surface area contributed by atoms with Crippen LogP contribution in [0.4, 0.5) is 0 Å². The molecule has 0 heterocycles. The average Bonchev–Trinajstić information content (AvgIpc) is 2.51. The minimum absolute atomic E-state index is 0.0152. The quantitative estimate of drug-likeness (QED) is 0.729. The third-order valence-electron chi connectivity index (χ3n) is 3.08. The van der Waals surface area contributed by atoms with E-state index >= 15 is 0 Å². The molecule has 0 radical (unpaired) electrons. The van der Waals surface area contributed by atoms with Gasteiger partial charge in [0.05, 0.1) is 7.11 Å². The van der Waals surface area contributed by atoms with Crippen LogP contribution in [-0.4, -0.2) is 37.2 Å². The van der Waals surface area contributed by atoms with Crippen LogP contribution in [0.15, 0.2) is 24.3 Å². The van der Waals surface area contributed by atoms with Crippen LogP contribution < -0.4 is 14.8 Å². The van der Waals surface area contributed by atoms with E-state index < -0.39 is 5.97 Å². The highest BCUT2D eigenvalue weighted by atomic mass is 16.5. The maximum absolute atomic E-state index is 11.7. The zero-order valence-corrected chi connectivity index (χ0v) is 13.7. The van der Waals surface area contributed by atoms with Gasteiger partial charge >= 0.3 is 5.97 Å². The van der Waals surface area contributed by atoms with Gasteiger partial charge in [-0.2, -0.15) is 0 Å². The lowest BCUT2D eigenvalue weighted by Gasteiger charge is -2.13. The molecule has 23 heavy (non-hydrogen) atoms. The highest BCUT2D eigenvalue weighted by Crippen LogP contribution is 2.28. The van der Waals surface area contributed by atoms with Crippen molar-refractivity contribution in [3.05, 3.63) is 29.8 Å². The first-order valence-electron chi connectivity index (χ1n) is 7.38. The molecule has 1 aromatic carbocycles. The van der Waals surface area contributed by atoms with Crippen LogP contribution in [0.25, 0.3) is 6.08 Å². The van der Waals surface area contributed by atoms with E-state index in [0.29, 0.717) is 18.0 Å². The maximum Gasteiger partial charge on any atom is 0.303 e. The zero-order valence-electron chi connectivity index (χ0n) is 13.7. The van der Waals surface area contributed by atoms with Gasteiger partial charge in [0.25, 0.3) is 5.91 Å². The van der Waals surface area contributed by atoms with Crippen molar-refractivity contribution in [3.63, 3.8) is 0 Å². The Morgan fingerprint density at radius 1 is 1.35 bits per heavy atom. The van der Waals surface area contributed by atoms with Crippen molar-refractivity contribution >= 4 is 18.0 Å². The molecule has 0 bridgehead atoms. The van der Waals surface area contributed by atoms with Crippen molar-refractivity contribution in [1.82, 2.24) is 5.32 Å². The molecule has 6 heteroatoms. The molecule has 0 aliphatic carbocycles. The summed E-state index contributed by atoms with van der Waals surface area (Å²) in [5, 5.41) is 11.3. The zero-order chi connectivity index (χ0) is 17.2. The number of carboxylic acid groups (broad SMARTS) is 1. The number of carbonyl (C=O) groups is 2. The molecule has 2 N–H and O–H groups in total. The van der Waals surface area contributed by atoms with Crippen molar-refractivity contribution in [3.8, 4) is 11.5 Å². The first-order valence-corrected chi connectivity index (χ1v) is 7.38. The van der Waals surface area contributed by atoms with Crippen LogP contribution in [0, 0.1) is 5.92 Å². The molecular formula is C17H23NO5. The number of amides is 1. The predicted octanol–water partition coefficient (Wildman–Crippen LogP) is 2.33. The first-order chi connectivity index (χ1) is 11.0. The Kier molecular flexibility index (Phi) is 7.66. The second-order valence-corrected chi connectivity index (χ2v) is 5.21. The van der Waals surface area contributed by atoms with E-state index in [2.05, 4.69) is 5.32 Å². The number of benzene rings is 1. The van der Waals surface area contributed by atoms with Crippen LogP contribution >= 0.6 is 0 Å². The molecule has 6 nitrogen and oxygen atoms in total. The van der Waals surface area contributed by atoms with Gasteiger partial charge < -0.3 is 19.9 Å². The monoisotopic (exact) mass is 321 g/mol. The lowest BCUT2D eigenvalue weighted by Crippen LogP contribution is -2.33. The highest BCUT2D eigenvalue weighted by Gasteiger charge is 2.11. The number of methoxy groups -OCH3 is 1. The number of allylic oxidation sites excluding steroid dienone is 1. The van der Waals surface area contributed by atoms with Crippen LogP contribution in [0.1, 0.15) is 25.8 Å². The standard InChI is InChI=1S/C17H23NO5/c1-4-5-13-6-7-14(15(9-13)22-3)23-11-16(19)18-10-12(2)8-17(20)21/h4-7,9,12H,8,10-11H2,1-3H3,(H,18,19)(H,20,21)/b5-4+. The Balaban J connectivity index is 2.51. The average molecular weight is 321 g/mol. The van der Waals surface area contributed by atoms with Gasteiger partial charge in [0.1, 0.15) is 0 Å². The van der Waals surface area contributed by atoms with Gasteiger partial charge in [-0.25, -0.2) is 0 Å². The summed E-state index contributed by atoms with van der Waals surface area (Å²) in [5.74, 6) is -0.288. The van der Waals surface area contributed by atoms with E-state index in [1.165, 1.54) is 7.11 Å². The van der Waals surface area contributed by atoms with E-state index in [0.717, 1.165) is 5.56 Å². The lowest BCUT2D eigenvalue weighted by molar-refractivity contribution is -0.138. The minimum Gasteiger partial charge on any atom is -0.493 e. The Hall–Kier alpha value is -2.50. The summed E-state index contributed by atoms with van der Waals surface area (Å²) < 4.78 is 10.7. The smallest absolute Gasteiger partial charge is 0.303 e. The summed E-state index contributed by atoms with van der Waals surface area (Å²) in [4.78, 5) is 22.3. The van der Waals surface area contributed by atoms with Crippen molar-refractivity contribution in [2.24, 2.45) is 5.92 Å². The molecule has 0 saturated heterocycles. The van der Waals surface area contributed by atoms with Crippen LogP contribution in [0.2, 0.25) is 0 Å². The molecule has 0 aromatic heterocycles. The van der Waals surface area contributed by atoms with Crippen molar-refractivity contribution in [2.45, 2.75) is 20.3 Å². The Bertz CT molecular complexity index is 568. The van der Waals surface area contributed by atoms with Crippen molar-refractivity contribution in [1.29, 1.82) is 0 Å². The number of hydrogen-bond donors (Lipinski definition) is 2. The van der Waals surface area contributed by atoms with Crippen LogP contribution in [0.5, 0.6) is 11.5 Å². The number of nitrogens with one attached hydrogen (secondary N) is 1. The summed E-state index contributed by atoms with van der Waals surface area (Å²) in [6.07, 6.45) is 3.87. The van der Waals surface area contributed by atoms with Crippen molar-refractivity contribution < 1.29 is 24.2 Å². The molecular weight excluding hydrogens is 298 g/mol. The second kappa shape index (κ2) is 9.50. The molecule has 1 rings (SSSR count). The molecule has 1 aromatic rings. The van der Waals surface area contributed by atoms with Gasteiger partial charge in [0.2, 0.25) is 0 Å². The number of aliphatic carboxylic acids is 1. The third kappa shape index (κ3) is 6.86. The molecule has 0 aliphatic rings. The third-order valence-corrected chi connectivity index (χ3v) is 3.08. The normalized spacial score (nSPS) is 12.0. The number of carboxylic acids is 1. The van der Waals surface area contributed by atoms with Crippen LogP contribution in [0.3, 0.4) is 0 Å². The summed E-state index contributed by atoms with van der Waals surface area (Å²) in [7, 11) is 1.54. The Labute approximate surface area is 136 Å². The lowest BCUT2D eigenvalue weighted by atomic mass is 10.1. The van der Waals surface area contributed by atoms with Gasteiger partial charge in [0.15, 0.2) is 18.1 Å². The fourth-order valence-corrected chi connectivity index (χ4v) is 1.95. The fraction of sp³-hybridized carbons (Fsp3) is 0.412. The topological polar surface area (TPSA) is 84.9 Å². The number of ether oxygens (including phenoxy) is 2. The second-order valence-electron chi connectivity index (χ2n) is 5.21. The SMILES string of the molecule is C/C=C/c1ccc(OCC(=O)NCC(C)CC(=O)O)c(OC)c1. The number of hydrogen-bond acceptors (Lipinski definition) is 4. The van der Waals surface area contributed by atoms with Crippen LogP contribution in [-0.2, 0) is 9.59 Å². The molecule has 1 atom stereocenters. The first kappa shape index (κ1) is 18.5. The van der Waals surface area contributed by atoms with Gasteiger partial charge in [0, 0.05) is 13.0 Å². The summed E-state index contributed by atoms with van der Waals surface area (Å²) in [6.45, 7) is 3.83. The van der Waals surface area contributed by atoms with E-state index in [4.69, 9.17) is 14.6 Å². The summed E-state index contributed by atoms with van der Waals surface area (Å²) in [6, 6.07) is 5.43. The van der Waals surface area contributed by atoms with E-state index in [9.17, 15) is 9.59 Å². The van der Waals surface area contributed by atoms with E-state index in [1.54, 1.807) is 13.0 Å². The Morgan fingerprint density at radius 3 is 2.70 bits per heavy atom. The molecule has 0 aliphatic heterocycles. The predicted molar refractivity (Wildman–Crippen MR) is 87.6 cm³/mol. The molecule has 126 valence electrons. The molecule has 0 saturated carbocycles.